The van der Waals surface area contributed by atoms with Crippen LogP contribution in [0.5, 0.6) is 0 Å². The first-order valence-electron chi connectivity index (χ1n) is 5.92. The number of rotatable bonds is 3. The molecule has 5 heteroatoms. The summed E-state index contributed by atoms with van der Waals surface area (Å²) < 4.78 is 28.2. The highest BCUT2D eigenvalue weighted by molar-refractivity contribution is 9.10. The highest BCUT2D eigenvalue weighted by atomic mass is 79.9. The molecule has 0 radical (unpaired) electrons. The number of nitrogens with zero attached hydrogens (tertiary/aromatic N) is 1. The summed E-state index contributed by atoms with van der Waals surface area (Å²) in [5, 5.41) is 11.6. The highest BCUT2D eigenvalue weighted by Crippen LogP contribution is 2.25. The van der Waals surface area contributed by atoms with Gasteiger partial charge in [-0.3, -0.25) is 0 Å². The molecule has 0 amide bonds. The molecule has 2 aromatic carbocycles. The van der Waals surface area contributed by atoms with E-state index in [2.05, 4.69) is 21.2 Å². The van der Waals surface area contributed by atoms with Gasteiger partial charge in [0.05, 0.1) is 23.4 Å². The van der Waals surface area contributed by atoms with Crippen molar-refractivity contribution < 1.29 is 8.78 Å². The molecule has 0 aliphatic rings. The second-order valence-corrected chi connectivity index (χ2v) is 5.25. The number of hydrogen-bond donors (Lipinski definition) is 1. The van der Waals surface area contributed by atoms with Gasteiger partial charge in [0.1, 0.15) is 11.6 Å². The molecule has 1 unspecified atom stereocenters. The molecule has 1 N–H and O–H groups in total. The summed E-state index contributed by atoms with van der Waals surface area (Å²) in [5.74, 6) is -0.901. The van der Waals surface area contributed by atoms with Crippen molar-refractivity contribution in [2.75, 3.05) is 5.32 Å². The highest BCUT2D eigenvalue weighted by Gasteiger charge is 2.13. The zero-order chi connectivity index (χ0) is 14.7. The van der Waals surface area contributed by atoms with Crippen LogP contribution in [0.25, 0.3) is 0 Å². The molecule has 2 rings (SSSR count). The summed E-state index contributed by atoms with van der Waals surface area (Å²) in [6, 6.07) is 10.3. The first-order chi connectivity index (χ1) is 9.51. The van der Waals surface area contributed by atoms with E-state index in [1.54, 1.807) is 19.1 Å². The van der Waals surface area contributed by atoms with Crippen LogP contribution in [-0.2, 0) is 0 Å². The number of nitriles is 1. The first kappa shape index (κ1) is 14.5. The number of hydrogen-bond acceptors (Lipinski definition) is 2. The lowest BCUT2D eigenvalue weighted by Gasteiger charge is -2.17. The van der Waals surface area contributed by atoms with Gasteiger partial charge < -0.3 is 5.32 Å². The van der Waals surface area contributed by atoms with Gasteiger partial charge in [0, 0.05) is 10.0 Å². The van der Waals surface area contributed by atoms with Crippen LogP contribution >= 0.6 is 15.9 Å². The van der Waals surface area contributed by atoms with E-state index in [4.69, 9.17) is 5.26 Å². The molecule has 0 saturated heterocycles. The topological polar surface area (TPSA) is 35.8 Å². The van der Waals surface area contributed by atoms with Gasteiger partial charge in [-0.2, -0.15) is 5.26 Å². The Bertz CT molecular complexity index is 680. The summed E-state index contributed by atoms with van der Waals surface area (Å²) >= 11 is 3.19. The average Bonchev–Trinajstić information content (AvgIpc) is 2.40. The second-order valence-electron chi connectivity index (χ2n) is 4.34. The predicted octanol–water partition coefficient (Wildman–Crippen LogP) is 4.77. The number of benzene rings is 2. The first-order valence-corrected chi connectivity index (χ1v) is 6.71. The van der Waals surface area contributed by atoms with Gasteiger partial charge in [-0.05, 0) is 37.3 Å². The Morgan fingerprint density at radius 3 is 2.50 bits per heavy atom. The van der Waals surface area contributed by atoms with Crippen molar-refractivity contribution in [3.63, 3.8) is 0 Å². The van der Waals surface area contributed by atoms with Gasteiger partial charge in [-0.15, -0.1) is 0 Å². The van der Waals surface area contributed by atoms with E-state index in [9.17, 15) is 8.78 Å². The van der Waals surface area contributed by atoms with Crippen LogP contribution in [-0.4, -0.2) is 0 Å². The SMILES string of the molecule is CC(Nc1ccc(C#N)cc1F)c1ccc(Br)cc1F. The minimum absolute atomic E-state index is 0.235. The molecule has 0 aromatic heterocycles. The molecule has 102 valence electrons. The van der Waals surface area contributed by atoms with Crippen LogP contribution in [0.1, 0.15) is 24.1 Å². The molecular formula is C15H11BrF2N2. The lowest BCUT2D eigenvalue weighted by Crippen LogP contribution is -2.09. The van der Waals surface area contributed by atoms with E-state index in [1.165, 1.54) is 18.2 Å². The Balaban J connectivity index is 2.23. The largest absolute Gasteiger partial charge is 0.376 e. The lowest BCUT2D eigenvalue weighted by atomic mass is 10.1. The molecule has 2 nitrogen and oxygen atoms in total. The summed E-state index contributed by atoms with van der Waals surface area (Å²) in [6.07, 6.45) is 0. The van der Waals surface area contributed by atoms with Crippen molar-refractivity contribution in [1.29, 1.82) is 5.26 Å². The average molecular weight is 337 g/mol. The standard InChI is InChI=1S/C15H11BrF2N2/c1-9(12-4-3-11(16)7-13(12)17)20-15-5-2-10(8-19)6-14(15)18/h2-7,9,20H,1H3. The van der Waals surface area contributed by atoms with Crippen LogP contribution in [0, 0.1) is 23.0 Å². The third-order valence-corrected chi connectivity index (χ3v) is 3.39. The van der Waals surface area contributed by atoms with Crippen LogP contribution in [0.2, 0.25) is 0 Å². The van der Waals surface area contributed by atoms with Crippen LogP contribution < -0.4 is 5.32 Å². The molecule has 0 aliphatic carbocycles. The molecule has 20 heavy (non-hydrogen) atoms. The Kier molecular flexibility index (Phi) is 4.35. The Labute approximate surface area is 124 Å². The maximum atomic E-state index is 13.8. The zero-order valence-electron chi connectivity index (χ0n) is 10.6. The number of halogens is 3. The van der Waals surface area contributed by atoms with Crippen LogP contribution in [0.3, 0.4) is 0 Å². The Morgan fingerprint density at radius 1 is 1.15 bits per heavy atom. The fraction of sp³-hybridized carbons (Fsp3) is 0.133. The number of anilines is 1. The third kappa shape index (κ3) is 3.14. The fourth-order valence-electron chi connectivity index (χ4n) is 1.87. The Morgan fingerprint density at radius 2 is 1.90 bits per heavy atom. The van der Waals surface area contributed by atoms with E-state index in [0.29, 0.717) is 10.0 Å². The van der Waals surface area contributed by atoms with Gasteiger partial charge in [-0.25, -0.2) is 8.78 Å². The zero-order valence-corrected chi connectivity index (χ0v) is 12.2. The van der Waals surface area contributed by atoms with Crippen molar-refractivity contribution in [1.82, 2.24) is 0 Å². The second kappa shape index (κ2) is 6.02. The monoisotopic (exact) mass is 336 g/mol. The fourth-order valence-corrected chi connectivity index (χ4v) is 2.20. The van der Waals surface area contributed by atoms with Gasteiger partial charge in [-0.1, -0.05) is 22.0 Å². The van der Waals surface area contributed by atoms with Crippen LogP contribution in [0.15, 0.2) is 40.9 Å². The van der Waals surface area contributed by atoms with Crippen molar-refractivity contribution in [3.05, 3.63) is 63.6 Å². The molecule has 0 bridgehead atoms. The van der Waals surface area contributed by atoms with Crippen LogP contribution in [0.4, 0.5) is 14.5 Å². The summed E-state index contributed by atoms with van der Waals surface area (Å²) in [4.78, 5) is 0. The van der Waals surface area contributed by atoms with Gasteiger partial charge in [0.15, 0.2) is 0 Å². The van der Waals surface area contributed by atoms with E-state index in [1.807, 2.05) is 6.07 Å². The summed E-state index contributed by atoms with van der Waals surface area (Å²) in [5.41, 5.74) is 0.923. The van der Waals surface area contributed by atoms with Crippen molar-refractivity contribution >= 4 is 21.6 Å². The van der Waals surface area contributed by atoms with Gasteiger partial charge in [0.25, 0.3) is 0 Å². The van der Waals surface area contributed by atoms with E-state index in [-0.39, 0.29) is 17.1 Å². The van der Waals surface area contributed by atoms with Crippen molar-refractivity contribution in [3.8, 4) is 6.07 Å². The summed E-state index contributed by atoms with van der Waals surface area (Å²) in [6.45, 7) is 1.74. The Hall–Kier alpha value is -1.93. The molecule has 2 aromatic rings. The lowest BCUT2D eigenvalue weighted by molar-refractivity contribution is 0.595. The maximum Gasteiger partial charge on any atom is 0.147 e. The molecule has 0 fully saturated rings. The van der Waals surface area contributed by atoms with E-state index >= 15 is 0 Å². The predicted molar refractivity (Wildman–Crippen MR) is 77.3 cm³/mol. The molecule has 1 atom stereocenters. The molecule has 0 spiro atoms. The maximum absolute atomic E-state index is 13.8. The third-order valence-electron chi connectivity index (χ3n) is 2.90. The van der Waals surface area contributed by atoms with E-state index < -0.39 is 11.9 Å². The molecule has 0 saturated carbocycles. The normalized spacial score (nSPS) is 11.8. The van der Waals surface area contributed by atoms with Gasteiger partial charge >= 0.3 is 0 Å². The molecular weight excluding hydrogens is 326 g/mol. The van der Waals surface area contributed by atoms with E-state index in [0.717, 1.165) is 6.07 Å². The number of nitrogens with one attached hydrogen (secondary N) is 1. The minimum atomic E-state index is -0.534. The molecule has 0 aliphatic heterocycles. The smallest absolute Gasteiger partial charge is 0.147 e. The summed E-state index contributed by atoms with van der Waals surface area (Å²) in [7, 11) is 0. The van der Waals surface area contributed by atoms with Crippen molar-refractivity contribution in [2.45, 2.75) is 13.0 Å². The van der Waals surface area contributed by atoms with Crippen molar-refractivity contribution in [2.24, 2.45) is 0 Å². The molecule has 0 heterocycles. The quantitative estimate of drug-likeness (QED) is 0.876. The van der Waals surface area contributed by atoms with Gasteiger partial charge in [0.2, 0.25) is 0 Å². The minimum Gasteiger partial charge on any atom is -0.376 e.